The largest absolute Gasteiger partial charge is 0.324 e. The van der Waals surface area contributed by atoms with Gasteiger partial charge in [-0.1, -0.05) is 23.7 Å². The number of rotatable bonds is 5. The Kier molecular flexibility index (Phi) is 5.59. The average molecular weight is 328 g/mol. The minimum Gasteiger partial charge on any atom is -0.324 e. The molecule has 2 rings (SSSR count). The first-order chi connectivity index (χ1) is 10.0. The number of benzene rings is 2. The van der Waals surface area contributed by atoms with Crippen molar-refractivity contribution < 1.29 is 13.6 Å². The van der Waals surface area contributed by atoms with Gasteiger partial charge in [-0.2, -0.15) is 0 Å². The van der Waals surface area contributed by atoms with Crippen LogP contribution in [-0.4, -0.2) is 11.7 Å². The molecule has 2 aromatic rings. The van der Waals surface area contributed by atoms with E-state index in [1.165, 1.54) is 36.0 Å². The van der Waals surface area contributed by atoms with Crippen LogP contribution < -0.4 is 5.32 Å². The van der Waals surface area contributed by atoms with Crippen LogP contribution in [0.2, 0.25) is 5.02 Å². The number of nitrogens with one attached hydrogen (secondary N) is 1. The third-order valence-corrected chi connectivity index (χ3v) is 3.94. The fraction of sp³-hybridized carbons (Fsp3) is 0.133. The standard InChI is InChI=1S/C15H12ClF2NOS/c16-13-7-12(18)5-6-14(13)19-15(20)9-21-8-10-1-3-11(17)4-2-10/h1-7H,8-9H2,(H,19,20). The Labute approximate surface area is 130 Å². The molecule has 0 heterocycles. The lowest BCUT2D eigenvalue weighted by Crippen LogP contribution is -2.14. The molecule has 1 N–H and O–H groups in total. The summed E-state index contributed by atoms with van der Waals surface area (Å²) < 4.78 is 25.6. The Balaban J connectivity index is 1.81. The summed E-state index contributed by atoms with van der Waals surface area (Å²) in [5.74, 6) is -0.137. The van der Waals surface area contributed by atoms with Crippen LogP contribution in [0.5, 0.6) is 0 Å². The molecular weight excluding hydrogens is 316 g/mol. The summed E-state index contributed by atoms with van der Waals surface area (Å²) in [5.41, 5.74) is 1.32. The first-order valence-corrected chi connectivity index (χ1v) is 7.65. The molecule has 0 saturated heterocycles. The van der Waals surface area contributed by atoms with Gasteiger partial charge in [-0.25, -0.2) is 8.78 Å². The predicted molar refractivity (Wildman–Crippen MR) is 82.6 cm³/mol. The topological polar surface area (TPSA) is 29.1 Å². The molecule has 0 unspecified atom stereocenters. The average Bonchev–Trinajstić information content (AvgIpc) is 2.44. The number of carbonyl (C=O) groups is 1. The van der Waals surface area contributed by atoms with Gasteiger partial charge in [-0.05, 0) is 35.9 Å². The fourth-order valence-electron chi connectivity index (χ4n) is 1.62. The molecule has 0 saturated carbocycles. The number of amides is 1. The molecule has 0 aliphatic carbocycles. The van der Waals surface area contributed by atoms with Gasteiger partial charge in [0.25, 0.3) is 0 Å². The fourth-order valence-corrected chi connectivity index (χ4v) is 2.62. The number of thioether (sulfide) groups is 1. The maximum Gasteiger partial charge on any atom is 0.234 e. The Hall–Kier alpha value is -1.59. The predicted octanol–water partition coefficient (Wildman–Crippen LogP) is 4.49. The number of halogens is 3. The van der Waals surface area contributed by atoms with Crippen LogP contribution >= 0.6 is 23.4 Å². The Morgan fingerprint density at radius 2 is 1.76 bits per heavy atom. The molecule has 1 amide bonds. The van der Waals surface area contributed by atoms with Crippen molar-refractivity contribution in [2.75, 3.05) is 11.1 Å². The monoisotopic (exact) mass is 327 g/mol. The van der Waals surface area contributed by atoms with Crippen LogP contribution in [0.4, 0.5) is 14.5 Å². The van der Waals surface area contributed by atoms with E-state index in [1.54, 1.807) is 12.1 Å². The van der Waals surface area contributed by atoms with Gasteiger partial charge < -0.3 is 5.32 Å². The molecule has 0 bridgehead atoms. The van der Waals surface area contributed by atoms with E-state index < -0.39 is 5.82 Å². The Morgan fingerprint density at radius 1 is 1.10 bits per heavy atom. The van der Waals surface area contributed by atoms with E-state index in [4.69, 9.17) is 11.6 Å². The smallest absolute Gasteiger partial charge is 0.234 e. The second kappa shape index (κ2) is 7.43. The van der Waals surface area contributed by atoms with Crippen LogP contribution in [0.25, 0.3) is 0 Å². The number of anilines is 1. The van der Waals surface area contributed by atoms with Gasteiger partial charge in [-0.3, -0.25) is 4.79 Å². The van der Waals surface area contributed by atoms with Crippen molar-refractivity contribution in [1.29, 1.82) is 0 Å². The molecule has 0 aliphatic rings. The van der Waals surface area contributed by atoms with E-state index in [-0.39, 0.29) is 22.5 Å². The van der Waals surface area contributed by atoms with Crippen LogP contribution in [0.3, 0.4) is 0 Å². The summed E-state index contributed by atoms with van der Waals surface area (Å²) in [5, 5.41) is 2.77. The highest BCUT2D eigenvalue weighted by molar-refractivity contribution is 7.99. The first-order valence-electron chi connectivity index (χ1n) is 6.11. The summed E-state index contributed by atoms with van der Waals surface area (Å²) in [6.45, 7) is 0. The van der Waals surface area contributed by atoms with Gasteiger partial charge in [0, 0.05) is 5.75 Å². The molecular formula is C15H12ClF2NOS. The highest BCUT2D eigenvalue weighted by Gasteiger charge is 2.07. The molecule has 21 heavy (non-hydrogen) atoms. The molecule has 0 spiro atoms. The normalized spacial score (nSPS) is 10.4. The molecule has 6 heteroatoms. The molecule has 2 nitrogen and oxygen atoms in total. The third kappa shape index (κ3) is 5.02. The molecule has 0 aromatic heterocycles. The Morgan fingerprint density at radius 3 is 2.43 bits per heavy atom. The van der Waals surface area contributed by atoms with Crippen molar-refractivity contribution >= 4 is 35.0 Å². The molecule has 0 atom stereocenters. The number of hydrogen-bond donors (Lipinski definition) is 1. The van der Waals surface area contributed by atoms with Crippen molar-refractivity contribution in [2.45, 2.75) is 5.75 Å². The van der Waals surface area contributed by atoms with E-state index in [0.29, 0.717) is 11.4 Å². The summed E-state index contributed by atoms with van der Waals surface area (Å²) in [6, 6.07) is 9.91. The van der Waals surface area contributed by atoms with Gasteiger partial charge >= 0.3 is 0 Å². The van der Waals surface area contributed by atoms with E-state index in [2.05, 4.69) is 5.32 Å². The summed E-state index contributed by atoms with van der Waals surface area (Å²) in [4.78, 5) is 11.7. The van der Waals surface area contributed by atoms with E-state index >= 15 is 0 Å². The highest BCUT2D eigenvalue weighted by atomic mass is 35.5. The maximum atomic E-state index is 12.9. The van der Waals surface area contributed by atoms with Gasteiger partial charge in [0.15, 0.2) is 0 Å². The quantitative estimate of drug-likeness (QED) is 0.876. The van der Waals surface area contributed by atoms with E-state index in [9.17, 15) is 13.6 Å². The van der Waals surface area contributed by atoms with Gasteiger partial charge in [0.05, 0.1) is 16.5 Å². The van der Waals surface area contributed by atoms with Crippen molar-refractivity contribution in [3.05, 3.63) is 64.7 Å². The number of hydrogen-bond acceptors (Lipinski definition) is 2. The molecule has 110 valence electrons. The van der Waals surface area contributed by atoms with Crippen LogP contribution in [-0.2, 0) is 10.5 Å². The zero-order valence-electron chi connectivity index (χ0n) is 10.9. The molecule has 0 aliphatic heterocycles. The lowest BCUT2D eigenvalue weighted by Gasteiger charge is -2.07. The SMILES string of the molecule is O=C(CSCc1ccc(F)cc1)Nc1ccc(F)cc1Cl. The summed E-state index contributed by atoms with van der Waals surface area (Å²) in [6.07, 6.45) is 0. The van der Waals surface area contributed by atoms with Crippen molar-refractivity contribution in [1.82, 2.24) is 0 Å². The van der Waals surface area contributed by atoms with Gasteiger partial charge in [0.1, 0.15) is 11.6 Å². The van der Waals surface area contributed by atoms with E-state index in [0.717, 1.165) is 11.6 Å². The Bertz CT molecular complexity index is 634. The zero-order valence-corrected chi connectivity index (χ0v) is 12.5. The van der Waals surface area contributed by atoms with Gasteiger partial charge in [-0.15, -0.1) is 11.8 Å². The molecule has 2 aromatic carbocycles. The summed E-state index contributed by atoms with van der Waals surface area (Å²) >= 11 is 7.22. The zero-order chi connectivity index (χ0) is 15.2. The van der Waals surface area contributed by atoms with Crippen molar-refractivity contribution in [2.24, 2.45) is 0 Å². The van der Waals surface area contributed by atoms with Crippen molar-refractivity contribution in [3.8, 4) is 0 Å². The van der Waals surface area contributed by atoms with Crippen LogP contribution in [0.15, 0.2) is 42.5 Å². The lowest BCUT2D eigenvalue weighted by molar-refractivity contribution is -0.113. The number of carbonyl (C=O) groups excluding carboxylic acids is 1. The van der Waals surface area contributed by atoms with Crippen LogP contribution in [0, 0.1) is 11.6 Å². The molecule has 0 radical (unpaired) electrons. The minimum absolute atomic E-state index is 0.159. The van der Waals surface area contributed by atoms with Gasteiger partial charge in [0.2, 0.25) is 5.91 Å². The molecule has 0 fully saturated rings. The second-order valence-corrected chi connectivity index (χ2v) is 5.68. The third-order valence-electron chi connectivity index (χ3n) is 2.62. The minimum atomic E-state index is -0.455. The lowest BCUT2D eigenvalue weighted by atomic mass is 10.2. The second-order valence-electron chi connectivity index (χ2n) is 4.29. The van der Waals surface area contributed by atoms with Crippen molar-refractivity contribution in [3.63, 3.8) is 0 Å². The summed E-state index contributed by atoms with van der Waals surface area (Å²) in [7, 11) is 0. The highest BCUT2D eigenvalue weighted by Crippen LogP contribution is 2.22. The van der Waals surface area contributed by atoms with Crippen LogP contribution in [0.1, 0.15) is 5.56 Å². The van der Waals surface area contributed by atoms with E-state index in [1.807, 2.05) is 0 Å². The maximum absolute atomic E-state index is 12.9. The first kappa shape index (κ1) is 15.8.